The number of para-hydroxylation sites is 1. The van der Waals surface area contributed by atoms with E-state index in [-0.39, 0.29) is 0 Å². The molecule has 1 saturated heterocycles. The Kier molecular flexibility index (Phi) is 7.45. The molecule has 1 aliphatic rings. The highest BCUT2D eigenvalue weighted by Gasteiger charge is 2.17. The minimum atomic E-state index is 0.456. The molecule has 0 unspecified atom stereocenters. The topological polar surface area (TPSA) is 66.5 Å². The van der Waals surface area contributed by atoms with Gasteiger partial charge in [-0.2, -0.15) is 9.97 Å². The average molecular weight is 474 g/mol. The number of anilines is 1. The normalized spacial score (nSPS) is 14.6. The molecule has 0 atom stereocenters. The summed E-state index contributed by atoms with van der Waals surface area (Å²) in [6.07, 6.45) is 4.20. The number of hydrogen-bond donors (Lipinski definition) is 1. The van der Waals surface area contributed by atoms with Crippen molar-refractivity contribution in [3.8, 4) is 17.1 Å². The summed E-state index contributed by atoms with van der Waals surface area (Å²) in [5, 5.41) is 2.28. The fourth-order valence-electron chi connectivity index (χ4n) is 4.83. The number of rotatable bonds is 10. The zero-order chi connectivity index (χ0) is 24.0. The summed E-state index contributed by atoms with van der Waals surface area (Å²) < 4.78 is 11.5. The first-order chi connectivity index (χ1) is 17.3. The van der Waals surface area contributed by atoms with E-state index in [2.05, 4.69) is 77.3 Å². The summed E-state index contributed by atoms with van der Waals surface area (Å²) in [4.78, 5) is 17.9. The van der Waals surface area contributed by atoms with E-state index >= 15 is 0 Å². The SMILES string of the molecule is CCCN(CCC)c1nc(OCCN2CCOCC2)nc2ccc(-c3c[nH]c4ccccc34)cc12. The molecule has 1 fully saturated rings. The first-order valence-electron chi connectivity index (χ1n) is 12.8. The van der Waals surface area contributed by atoms with Crippen molar-refractivity contribution in [1.29, 1.82) is 0 Å². The maximum atomic E-state index is 6.09. The number of aromatic amines is 1. The van der Waals surface area contributed by atoms with Gasteiger partial charge >= 0.3 is 6.01 Å². The lowest BCUT2D eigenvalue weighted by atomic mass is 10.0. The Hall–Kier alpha value is -3.16. The second-order valence-electron chi connectivity index (χ2n) is 9.10. The minimum absolute atomic E-state index is 0.456. The summed E-state index contributed by atoms with van der Waals surface area (Å²) in [7, 11) is 0. The van der Waals surface area contributed by atoms with Crippen molar-refractivity contribution in [2.24, 2.45) is 0 Å². The lowest BCUT2D eigenvalue weighted by Gasteiger charge is -2.26. The maximum Gasteiger partial charge on any atom is 0.318 e. The molecule has 2 aromatic carbocycles. The Bertz CT molecular complexity index is 1260. The zero-order valence-corrected chi connectivity index (χ0v) is 20.8. The van der Waals surface area contributed by atoms with Gasteiger partial charge in [-0.05, 0) is 36.6 Å². The Morgan fingerprint density at radius 2 is 1.80 bits per heavy atom. The molecule has 0 bridgehead atoms. The fraction of sp³-hybridized carbons (Fsp3) is 0.429. The van der Waals surface area contributed by atoms with Crippen LogP contribution in [0.3, 0.4) is 0 Å². The smallest absolute Gasteiger partial charge is 0.318 e. The number of benzene rings is 2. The van der Waals surface area contributed by atoms with Crippen molar-refractivity contribution in [1.82, 2.24) is 19.9 Å². The second-order valence-corrected chi connectivity index (χ2v) is 9.10. The summed E-state index contributed by atoms with van der Waals surface area (Å²) in [6.45, 7) is 11.2. The summed E-state index contributed by atoms with van der Waals surface area (Å²) in [6, 6.07) is 15.4. The Balaban J connectivity index is 1.49. The van der Waals surface area contributed by atoms with Crippen LogP contribution in [0.1, 0.15) is 26.7 Å². The molecule has 1 N–H and O–H groups in total. The van der Waals surface area contributed by atoms with Crippen molar-refractivity contribution in [2.75, 3.05) is 57.4 Å². The third kappa shape index (κ3) is 5.26. The van der Waals surface area contributed by atoms with E-state index < -0.39 is 0 Å². The highest BCUT2D eigenvalue weighted by molar-refractivity contribution is 5.99. The quantitative estimate of drug-likeness (QED) is 0.345. The first kappa shape index (κ1) is 23.6. The lowest BCUT2D eigenvalue weighted by Crippen LogP contribution is -2.38. The molecule has 0 aliphatic carbocycles. The molecule has 1 aliphatic heterocycles. The molecule has 184 valence electrons. The average Bonchev–Trinajstić information content (AvgIpc) is 3.33. The number of nitrogens with zero attached hydrogens (tertiary/aromatic N) is 4. The third-order valence-corrected chi connectivity index (χ3v) is 6.58. The molecule has 35 heavy (non-hydrogen) atoms. The second kappa shape index (κ2) is 11.1. The molecule has 7 nitrogen and oxygen atoms in total. The van der Waals surface area contributed by atoms with Crippen LogP contribution in [0.5, 0.6) is 6.01 Å². The van der Waals surface area contributed by atoms with Gasteiger partial charge in [0.05, 0.1) is 18.7 Å². The van der Waals surface area contributed by atoms with E-state index in [1.54, 1.807) is 0 Å². The maximum absolute atomic E-state index is 6.09. The van der Waals surface area contributed by atoms with E-state index in [1.807, 2.05) is 0 Å². The summed E-state index contributed by atoms with van der Waals surface area (Å²) in [5.74, 6) is 0.960. The largest absolute Gasteiger partial charge is 0.462 e. The van der Waals surface area contributed by atoms with Crippen molar-refractivity contribution < 1.29 is 9.47 Å². The molecule has 0 saturated carbocycles. The van der Waals surface area contributed by atoms with Gasteiger partial charge in [0.25, 0.3) is 0 Å². The molecule has 0 spiro atoms. The van der Waals surface area contributed by atoms with Gasteiger partial charge in [0.1, 0.15) is 12.4 Å². The van der Waals surface area contributed by atoms with E-state index in [1.165, 1.54) is 10.9 Å². The van der Waals surface area contributed by atoms with Crippen LogP contribution in [0, 0.1) is 0 Å². The van der Waals surface area contributed by atoms with Crippen molar-refractivity contribution >= 4 is 27.6 Å². The lowest BCUT2D eigenvalue weighted by molar-refractivity contribution is 0.0317. The van der Waals surface area contributed by atoms with Crippen LogP contribution < -0.4 is 9.64 Å². The fourth-order valence-corrected chi connectivity index (χ4v) is 4.83. The van der Waals surface area contributed by atoms with Gasteiger partial charge < -0.3 is 19.4 Å². The molecular weight excluding hydrogens is 438 g/mol. The van der Waals surface area contributed by atoms with Crippen LogP contribution in [0.15, 0.2) is 48.7 Å². The molecule has 0 radical (unpaired) electrons. The van der Waals surface area contributed by atoms with Crippen molar-refractivity contribution in [3.05, 3.63) is 48.7 Å². The Morgan fingerprint density at radius 3 is 2.60 bits per heavy atom. The van der Waals surface area contributed by atoms with Gasteiger partial charge in [-0.1, -0.05) is 38.1 Å². The molecule has 2 aromatic heterocycles. The van der Waals surface area contributed by atoms with Crippen LogP contribution in [-0.2, 0) is 4.74 Å². The highest BCUT2D eigenvalue weighted by atomic mass is 16.5. The van der Waals surface area contributed by atoms with E-state index in [4.69, 9.17) is 19.4 Å². The molecule has 4 aromatic rings. The van der Waals surface area contributed by atoms with Gasteiger partial charge in [0.15, 0.2) is 0 Å². The number of ether oxygens (including phenoxy) is 2. The van der Waals surface area contributed by atoms with Gasteiger partial charge in [-0.15, -0.1) is 0 Å². The molecule has 0 amide bonds. The van der Waals surface area contributed by atoms with Gasteiger partial charge in [0.2, 0.25) is 0 Å². The molecule has 3 heterocycles. The number of nitrogens with one attached hydrogen (secondary N) is 1. The Labute approximate surface area is 207 Å². The molecule has 5 rings (SSSR count). The van der Waals surface area contributed by atoms with Crippen LogP contribution in [0.4, 0.5) is 5.82 Å². The summed E-state index contributed by atoms with van der Waals surface area (Å²) in [5.41, 5.74) is 4.41. The van der Waals surface area contributed by atoms with Crippen LogP contribution >= 0.6 is 0 Å². The van der Waals surface area contributed by atoms with Crippen LogP contribution in [-0.4, -0.2) is 72.4 Å². The number of hydrogen-bond acceptors (Lipinski definition) is 6. The van der Waals surface area contributed by atoms with Crippen molar-refractivity contribution in [2.45, 2.75) is 26.7 Å². The number of morpholine rings is 1. The van der Waals surface area contributed by atoms with Gasteiger partial charge in [-0.25, -0.2) is 0 Å². The zero-order valence-electron chi connectivity index (χ0n) is 20.8. The van der Waals surface area contributed by atoms with Gasteiger partial charge in [0, 0.05) is 60.8 Å². The van der Waals surface area contributed by atoms with Crippen molar-refractivity contribution in [3.63, 3.8) is 0 Å². The highest BCUT2D eigenvalue weighted by Crippen LogP contribution is 2.34. The predicted octanol–water partition coefficient (Wildman–Crippen LogP) is 5.12. The molecule has 7 heteroatoms. The van der Waals surface area contributed by atoms with Crippen LogP contribution in [0.25, 0.3) is 32.9 Å². The summed E-state index contributed by atoms with van der Waals surface area (Å²) >= 11 is 0. The van der Waals surface area contributed by atoms with E-state index in [9.17, 15) is 0 Å². The minimum Gasteiger partial charge on any atom is -0.462 e. The monoisotopic (exact) mass is 473 g/mol. The van der Waals surface area contributed by atoms with Crippen LogP contribution in [0.2, 0.25) is 0 Å². The third-order valence-electron chi connectivity index (χ3n) is 6.58. The van der Waals surface area contributed by atoms with Gasteiger partial charge in [-0.3, -0.25) is 4.90 Å². The predicted molar refractivity (Wildman–Crippen MR) is 142 cm³/mol. The standard InChI is InChI=1S/C28H35N5O2/c1-3-11-33(12-4-2)27-23-19-21(24-20-29-25-8-6-5-7-22(24)25)9-10-26(23)30-28(31-27)35-18-15-32-13-16-34-17-14-32/h5-10,19-20,29H,3-4,11-18H2,1-2H3. The van der Waals surface area contributed by atoms with E-state index in [0.717, 1.165) is 86.6 Å². The number of aromatic nitrogens is 3. The number of H-pyrrole nitrogens is 1. The number of fused-ring (bicyclic) bond motifs is 2. The first-order valence-corrected chi connectivity index (χ1v) is 12.8. The molecular formula is C28H35N5O2. The Morgan fingerprint density at radius 1 is 1.00 bits per heavy atom. The van der Waals surface area contributed by atoms with E-state index in [0.29, 0.717) is 12.6 Å².